The van der Waals surface area contributed by atoms with E-state index in [1.165, 1.54) is 4.88 Å². The number of rotatable bonds is 2. The second kappa shape index (κ2) is 3.81. The van der Waals surface area contributed by atoms with E-state index < -0.39 is 0 Å². The average Bonchev–Trinajstić information content (AvgIpc) is 2.62. The third kappa shape index (κ3) is 1.96. The summed E-state index contributed by atoms with van der Waals surface area (Å²) in [4.78, 5) is 1.25. The zero-order chi connectivity index (χ0) is 10.2. The first kappa shape index (κ1) is 10.4. The van der Waals surface area contributed by atoms with Crippen molar-refractivity contribution >= 4 is 22.9 Å². The van der Waals surface area contributed by atoms with E-state index in [9.17, 15) is 0 Å². The fourth-order valence-electron chi connectivity index (χ4n) is 1.80. The summed E-state index contributed by atoms with van der Waals surface area (Å²) < 4.78 is 6.32. The van der Waals surface area contributed by atoms with Crippen molar-refractivity contribution < 1.29 is 4.74 Å². The number of nitrogens with two attached hydrogens (primary N) is 1. The van der Waals surface area contributed by atoms with Gasteiger partial charge in [-0.3, -0.25) is 0 Å². The van der Waals surface area contributed by atoms with Crippen LogP contribution in [-0.4, -0.2) is 18.2 Å². The fourth-order valence-corrected chi connectivity index (χ4v) is 3.02. The Kier molecular flexibility index (Phi) is 2.84. The predicted molar refractivity (Wildman–Crippen MR) is 60.0 cm³/mol. The summed E-state index contributed by atoms with van der Waals surface area (Å²) >= 11 is 7.48. The lowest BCUT2D eigenvalue weighted by molar-refractivity contribution is 0.0957. The van der Waals surface area contributed by atoms with Crippen molar-refractivity contribution in [3.63, 3.8) is 0 Å². The number of thiophene rings is 1. The van der Waals surface area contributed by atoms with Crippen LogP contribution in [0.5, 0.6) is 0 Å². The summed E-state index contributed by atoms with van der Waals surface area (Å²) in [7, 11) is 0. The largest absolute Gasteiger partial charge is 0.377 e. The Morgan fingerprint density at radius 3 is 3.00 bits per heavy atom. The minimum absolute atomic E-state index is 0.142. The quantitative estimate of drug-likeness (QED) is 0.849. The Balaban J connectivity index is 2.10. The summed E-state index contributed by atoms with van der Waals surface area (Å²) in [5, 5.41) is 0. The lowest BCUT2D eigenvalue weighted by atomic mass is 9.89. The van der Waals surface area contributed by atoms with Gasteiger partial charge in [0.1, 0.15) is 0 Å². The first-order valence-corrected chi connectivity index (χ1v) is 5.94. The van der Waals surface area contributed by atoms with Gasteiger partial charge in [-0.25, -0.2) is 0 Å². The van der Waals surface area contributed by atoms with Crippen LogP contribution in [0.1, 0.15) is 18.2 Å². The molecule has 14 heavy (non-hydrogen) atoms. The molecule has 2 N–H and O–H groups in total. The first-order valence-electron chi connectivity index (χ1n) is 4.75. The second-order valence-electron chi connectivity index (χ2n) is 3.88. The molecule has 0 radical (unpaired) electrons. The normalized spacial score (nSPS) is 32.4. The van der Waals surface area contributed by atoms with E-state index in [1.54, 1.807) is 11.3 Å². The second-order valence-corrected chi connectivity index (χ2v) is 5.68. The third-order valence-electron chi connectivity index (χ3n) is 2.88. The first-order chi connectivity index (χ1) is 6.60. The number of ether oxygens (including phenoxy) is 1. The molecular formula is C10H14ClNOS. The number of hydrogen-bond acceptors (Lipinski definition) is 3. The molecule has 1 aromatic heterocycles. The predicted octanol–water partition coefficient (Wildman–Crippen LogP) is 2.45. The minimum Gasteiger partial charge on any atom is -0.377 e. The van der Waals surface area contributed by atoms with Crippen LogP contribution in [0.15, 0.2) is 12.1 Å². The van der Waals surface area contributed by atoms with Crippen molar-refractivity contribution in [3.05, 3.63) is 21.3 Å². The van der Waals surface area contributed by atoms with Crippen LogP contribution in [0.3, 0.4) is 0 Å². The van der Waals surface area contributed by atoms with E-state index >= 15 is 0 Å². The molecule has 2 atom stereocenters. The molecule has 2 unspecified atom stereocenters. The van der Waals surface area contributed by atoms with Gasteiger partial charge in [0.25, 0.3) is 0 Å². The van der Waals surface area contributed by atoms with E-state index in [0.29, 0.717) is 0 Å². The van der Waals surface area contributed by atoms with Gasteiger partial charge in [-0.1, -0.05) is 11.6 Å². The topological polar surface area (TPSA) is 35.2 Å². The fraction of sp³-hybridized carbons (Fsp3) is 0.600. The van der Waals surface area contributed by atoms with Crippen LogP contribution in [-0.2, 0) is 11.2 Å². The monoisotopic (exact) mass is 231 g/mol. The summed E-state index contributed by atoms with van der Waals surface area (Å²) in [6, 6.07) is 3.97. The van der Waals surface area contributed by atoms with Crippen LogP contribution >= 0.6 is 22.9 Å². The maximum atomic E-state index is 6.28. The molecule has 1 aliphatic heterocycles. The molecule has 2 nitrogen and oxygen atoms in total. The van der Waals surface area contributed by atoms with Crippen LogP contribution in [0.4, 0.5) is 0 Å². The molecule has 0 spiro atoms. The van der Waals surface area contributed by atoms with E-state index in [4.69, 9.17) is 22.1 Å². The minimum atomic E-state index is -0.200. The number of hydrogen-bond donors (Lipinski definition) is 1. The lowest BCUT2D eigenvalue weighted by Crippen LogP contribution is -2.47. The maximum Gasteiger partial charge on any atom is 0.0931 e. The lowest BCUT2D eigenvalue weighted by Gasteiger charge is -2.26. The Morgan fingerprint density at radius 2 is 2.50 bits per heavy atom. The van der Waals surface area contributed by atoms with Crippen LogP contribution in [0.25, 0.3) is 0 Å². The molecule has 0 saturated carbocycles. The highest BCUT2D eigenvalue weighted by atomic mass is 35.5. The van der Waals surface area contributed by atoms with Gasteiger partial charge >= 0.3 is 0 Å². The van der Waals surface area contributed by atoms with Gasteiger partial charge in [0, 0.05) is 23.4 Å². The van der Waals surface area contributed by atoms with E-state index in [0.717, 1.165) is 23.8 Å². The smallest absolute Gasteiger partial charge is 0.0931 e. The Hall–Kier alpha value is -0.0900. The van der Waals surface area contributed by atoms with Crippen LogP contribution in [0.2, 0.25) is 4.34 Å². The Morgan fingerprint density at radius 1 is 1.71 bits per heavy atom. The summed E-state index contributed by atoms with van der Waals surface area (Å²) in [6.45, 7) is 2.82. The summed E-state index contributed by atoms with van der Waals surface area (Å²) in [5.74, 6) is 0. The van der Waals surface area contributed by atoms with Gasteiger partial charge < -0.3 is 10.5 Å². The molecular weight excluding hydrogens is 218 g/mol. The van der Waals surface area contributed by atoms with Crippen LogP contribution in [0, 0.1) is 0 Å². The van der Waals surface area contributed by atoms with Crippen molar-refractivity contribution in [1.82, 2.24) is 0 Å². The molecule has 4 heteroatoms. The molecule has 0 bridgehead atoms. The van der Waals surface area contributed by atoms with Crippen molar-refractivity contribution in [1.29, 1.82) is 0 Å². The SMILES string of the molecule is CC1OCCC1(N)Cc1ccc(Cl)s1. The maximum absolute atomic E-state index is 6.28. The van der Waals surface area contributed by atoms with Gasteiger partial charge in [0.15, 0.2) is 0 Å². The molecule has 1 aliphatic rings. The van der Waals surface area contributed by atoms with Gasteiger partial charge in [-0.05, 0) is 25.5 Å². The Bertz CT molecular complexity index is 328. The molecule has 0 aromatic carbocycles. The van der Waals surface area contributed by atoms with Crippen LogP contribution < -0.4 is 5.73 Å². The highest BCUT2D eigenvalue weighted by molar-refractivity contribution is 7.16. The molecule has 2 heterocycles. The van der Waals surface area contributed by atoms with E-state index in [-0.39, 0.29) is 11.6 Å². The van der Waals surface area contributed by atoms with Gasteiger partial charge in [-0.2, -0.15) is 0 Å². The summed E-state index contributed by atoms with van der Waals surface area (Å²) in [6.07, 6.45) is 1.94. The molecule has 1 aromatic rings. The number of halogens is 1. The molecule has 2 rings (SSSR count). The third-order valence-corrected chi connectivity index (χ3v) is 4.11. The van der Waals surface area contributed by atoms with E-state index in [1.807, 2.05) is 19.1 Å². The average molecular weight is 232 g/mol. The molecule has 0 aliphatic carbocycles. The van der Waals surface area contributed by atoms with Crippen molar-refractivity contribution in [2.24, 2.45) is 5.73 Å². The highest BCUT2D eigenvalue weighted by Gasteiger charge is 2.37. The zero-order valence-corrected chi connectivity index (χ0v) is 9.70. The standard InChI is InChI=1S/C10H14ClNOS/c1-7-10(12,4-5-13-7)6-8-2-3-9(11)14-8/h2-3,7H,4-6,12H2,1H3. The van der Waals surface area contributed by atoms with Gasteiger partial charge in [0.05, 0.1) is 10.4 Å². The Labute approximate surface area is 93.0 Å². The van der Waals surface area contributed by atoms with Crippen molar-refractivity contribution in [2.75, 3.05) is 6.61 Å². The van der Waals surface area contributed by atoms with Crippen molar-refractivity contribution in [3.8, 4) is 0 Å². The molecule has 0 amide bonds. The summed E-state index contributed by atoms with van der Waals surface area (Å²) in [5.41, 5.74) is 6.08. The van der Waals surface area contributed by atoms with Gasteiger partial charge in [0.2, 0.25) is 0 Å². The zero-order valence-electron chi connectivity index (χ0n) is 8.13. The molecule has 78 valence electrons. The van der Waals surface area contributed by atoms with E-state index in [2.05, 4.69) is 0 Å². The highest BCUT2D eigenvalue weighted by Crippen LogP contribution is 2.31. The molecule has 1 saturated heterocycles. The van der Waals surface area contributed by atoms with Gasteiger partial charge in [-0.15, -0.1) is 11.3 Å². The van der Waals surface area contributed by atoms with Crippen molar-refractivity contribution in [2.45, 2.75) is 31.4 Å². The molecule has 1 fully saturated rings.